The van der Waals surface area contributed by atoms with Gasteiger partial charge < -0.3 is 4.74 Å². The minimum Gasteiger partial charge on any atom is -0.469 e. The minimum absolute atomic E-state index is 0.00606. The zero-order valence-corrected chi connectivity index (χ0v) is 10.8. The van der Waals surface area contributed by atoms with E-state index in [2.05, 4.69) is 9.46 Å². The molecule has 0 amide bonds. The number of nitrogens with one attached hydrogen (secondary N) is 1. The Morgan fingerprint density at radius 3 is 2.71 bits per heavy atom. The number of hydrogen-bond donors (Lipinski definition) is 1. The summed E-state index contributed by atoms with van der Waals surface area (Å²) in [5, 5.41) is 8.29. The molecule has 0 aliphatic carbocycles. The number of rotatable bonds is 8. The molecular formula is C9H17N3O4S. The van der Waals surface area contributed by atoms with Crippen LogP contribution < -0.4 is 4.72 Å². The number of methoxy groups -OCH3 is 1. The predicted octanol–water partition coefficient (Wildman–Crippen LogP) is -0.381. The molecule has 7 nitrogen and oxygen atoms in total. The topological polar surface area (TPSA) is 99.5 Å². The molecule has 0 unspecified atom stereocenters. The number of esters is 1. The number of unbranched alkanes of at least 4 members (excludes halogenated alkanes) is 1. The van der Waals surface area contributed by atoms with E-state index in [9.17, 15) is 13.2 Å². The van der Waals surface area contributed by atoms with Crippen molar-refractivity contribution in [2.24, 2.45) is 0 Å². The van der Waals surface area contributed by atoms with Crippen molar-refractivity contribution in [3.63, 3.8) is 0 Å². The molecule has 0 atom stereocenters. The molecule has 0 spiro atoms. The molecule has 0 aliphatic rings. The Balaban J connectivity index is 4.04. The Bertz CT molecular complexity index is 374. The molecule has 0 saturated carbocycles. The van der Waals surface area contributed by atoms with Gasteiger partial charge in [0.05, 0.1) is 19.6 Å². The second kappa shape index (κ2) is 8.00. The minimum atomic E-state index is -3.58. The Kier molecular flexibility index (Phi) is 7.45. The summed E-state index contributed by atoms with van der Waals surface area (Å²) in [6.07, 6.45) is 0.765. The van der Waals surface area contributed by atoms with Crippen LogP contribution in [0.3, 0.4) is 0 Å². The molecule has 0 heterocycles. The van der Waals surface area contributed by atoms with Crippen LogP contribution >= 0.6 is 0 Å². The van der Waals surface area contributed by atoms with Gasteiger partial charge in [-0.3, -0.25) is 4.79 Å². The SMILES string of the molecule is COC(=O)CCN(C)S(=O)(=O)NCCCC#N. The summed E-state index contributed by atoms with van der Waals surface area (Å²) in [4.78, 5) is 10.8. The van der Waals surface area contributed by atoms with Crippen molar-refractivity contribution in [2.45, 2.75) is 19.3 Å². The maximum absolute atomic E-state index is 11.6. The summed E-state index contributed by atoms with van der Waals surface area (Å²) in [7, 11) is -0.961. The van der Waals surface area contributed by atoms with Crippen LogP contribution in [0.25, 0.3) is 0 Å². The summed E-state index contributed by atoms with van der Waals surface area (Å²) >= 11 is 0. The molecule has 0 aromatic heterocycles. The van der Waals surface area contributed by atoms with Gasteiger partial charge in [0.15, 0.2) is 0 Å². The molecule has 0 fully saturated rings. The first kappa shape index (κ1) is 15.8. The summed E-state index contributed by atoms with van der Waals surface area (Å²) < 4.78 is 30.9. The fourth-order valence-corrected chi connectivity index (χ4v) is 1.90. The molecule has 0 saturated heterocycles. The highest BCUT2D eigenvalue weighted by Gasteiger charge is 2.17. The molecule has 0 aromatic carbocycles. The van der Waals surface area contributed by atoms with Crippen molar-refractivity contribution in [3.8, 4) is 6.07 Å². The normalized spacial score (nSPS) is 11.2. The first-order valence-electron chi connectivity index (χ1n) is 5.08. The molecule has 98 valence electrons. The highest BCUT2D eigenvalue weighted by Crippen LogP contribution is 1.97. The second-order valence-electron chi connectivity index (χ2n) is 3.31. The van der Waals surface area contributed by atoms with E-state index in [1.54, 1.807) is 0 Å². The third-order valence-corrected chi connectivity index (χ3v) is 3.59. The molecule has 8 heteroatoms. The van der Waals surface area contributed by atoms with Gasteiger partial charge in [-0.1, -0.05) is 0 Å². The fraction of sp³-hybridized carbons (Fsp3) is 0.778. The van der Waals surface area contributed by atoms with Gasteiger partial charge in [-0.25, -0.2) is 4.72 Å². The summed E-state index contributed by atoms with van der Waals surface area (Å²) in [6.45, 7) is 0.263. The van der Waals surface area contributed by atoms with Crippen LogP contribution in [-0.4, -0.2) is 45.9 Å². The summed E-state index contributed by atoms with van der Waals surface area (Å²) in [5.41, 5.74) is 0. The van der Waals surface area contributed by atoms with Crippen molar-refractivity contribution in [3.05, 3.63) is 0 Å². The lowest BCUT2D eigenvalue weighted by molar-refractivity contribution is -0.140. The molecule has 0 rings (SSSR count). The fourth-order valence-electron chi connectivity index (χ4n) is 0.950. The lowest BCUT2D eigenvalue weighted by Crippen LogP contribution is -2.39. The monoisotopic (exact) mass is 263 g/mol. The summed E-state index contributed by atoms with van der Waals surface area (Å²) in [5.74, 6) is -0.462. The van der Waals surface area contributed by atoms with Gasteiger partial charge in [0.1, 0.15) is 0 Å². The van der Waals surface area contributed by atoms with Gasteiger partial charge >= 0.3 is 5.97 Å². The number of hydrogen-bond acceptors (Lipinski definition) is 5. The number of carbonyl (C=O) groups excluding carboxylic acids is 1. The molecular weight excluding hydrogens is 246 g/mol. The van der Waals surface area contributed by atoms with Crippen molar-refractivity contribution >= 4 is 16.2 Å². The quantitative estimate of drug-likeness (QED) is 0.475. The Labute approximate surface area is 102 Å². The lowest BCUT2D eigenvalue weighted by Gasteiger charge is -2.16. The highest BCUT2D eigenvalue weighted by atomic mass is 32.2. The third kappa shape index (κ3) is 6.88. The number of ether oxygens (including phenoxy) is 1. The van der Waals surface area contributed by atoms with E-state index in [0.29, 0.717) is 12.8 Å². The number of carbonyl (C=O) groups is 1. The van der Waals surface area contributed by atoms with Crippen molar-refractivity contribution < 1.29 is 17.9 Å². The zero-order valence-electron chi connectivity index (χ0n) is 9.97. The first-order chi connectivity index (χ1) is 7.94. The third-order valence-electron chi connectivity index (χ3n) is 2.02. The van der Waals surface area contributed by atoms with Crippen LogP contribution in [0.5, 0.6) is 0 Å². The van der Waals surface area contributed by atoms with Gasteiger partial charge in [0.25, 0.3) is 10.2 Å². The van der Waals surface area contributed by atoms with Gasteiger partial charge in [0, 0.05) is 26.6 Å². The van der Waals surface area contributed by atoms with E-state index in [0.717, 1.165) is 4.31 Å². The average Bonchev–Trinajstić information content (AvgIpc) is 2.31. The van der Waals surface area contributed by atoms with Crippen LogP contribution in [0.2, 0.25) is 0 Å². The van der Waals surface area contributed by atoms with Gasteiger partial charge in [0.2, 0.25) is 0 Å². The smallest absolute Gasteiger partial charge is 0.306 e. The Morgan fingerprint density at radius 2 is 2.18 bits per heavy atom. The van der Waals surface area contributed by atoms with E-state index >= 15 is 0 Å². The standard InChI is InChI=1S/C9H17N3O4S/c1-12(8-5-9(13)16-2)17(14,15)11-7-4-3-6-10/h11H,3-5,7-8H2,1-2H3. The first-order valence-corrected chi connectivity index (χ1v) is 6.52. The average molecular weight is 263 g/mol. The van der Waals surface area contributed by atoms with Crippen LogP contribution in [0.1, 0.15) is 19.3 Å². The van der Waals surface area contributed by atoms with Crippen LogP contribution in [0.15, 0.2) is 0 Å². The summed E-state index contributed by atoms with van der Waals surface area (Å²) in [6, 6.07) is 1.92. The Hall–Kier alpha value is -1.17. The molecule has 0 aromatic rings. The molecule has 1 N–H and O–H groups in total. The van der Waals surface area contributed by atoms with E-state index < -0.39 is 16.2 Å². The van der Waals surface area contributed by atoms with Crippen LogP contribution in [-0.2, 0) is 19.7 Å². The van der Waals surface area contributed by atoms with E-state index in [4.69, 9.17) is 5.26 Å². The molecule has 0 aliphatic heterocycles. The van der Waals surface area contributed by atoms with Crippen LogP contribution in [0, 0.1) is 11.3 Å². The lowest BCUT2D eigenvalue weighted by atomic mass is 10.3. The zero-order chi connectivity index (χ0) is 13.3. The van der Waals surface area contributed by atoms with Gasteiger partial charge in [-0.15, -0.1) is 0 Å². The van der Waals surface area contributed by atoms with Crippen molar-refractivity contribution in [2.75, 3.05) is 27.2 Å². The highest BCUT2D eigenvalue weighted by molar-refractivity contribution is 7.87. The maximum Gasteiger partial charge on any atom is 0.306 e. The van der Waals surface area contributed by atoms with Crippen LogP contribution in [0.4, 0.5) is 0 Å². The van der Waals surface area contributed by atoms with E-state index in [1.165, 1.54) is 14.2 Å². The largest absolute Gasteiger partial charge is 0.469 e. The van der Waals surface area contributed by atoms with E-state index in [1.807, 2.05) is 6.07 Å². The van der Waals surface area contributed by atoms with E-state index in [-0.39, 0.29) is 19.5 Å². The van der Waals surface area contributed by atoms with Crippen molar-refractivity contribution in [1.29, 1.82) is 5.26 Å². The molecule has 0 radical (unpaired) electrons. The van der Waals surface area contributed by atoms with Gasteiger partial charge in [-0.05, 0) is 6.42 Å². The molecule has 0 bridgehead atoms. The second-order valence-corrected chi connectivity index (χ2v) is 5.17. The Morgan fingerprint density at radius 1 is 1.53 bits per heavy atom. The number of nitriles is 1. The predicted molar refractivity (Wildman–Crippen MR) is 61.0 cm³/mol. The number of nitrogens with zero attached hydrogens (tertiary/aromatic N) is 2. The van der Waals surface area contributed by atoms with Gasteiger partial charge in [-0.2, -0.15) is 18.0 Å². The molecule has 17 heavy (non-hydrogen) atoms. The maximum atomic E-state index is 11.6. The van der Waals surface area contributed by atoms with Crippen molar-refractivity contribution in [1.82, 2.24) is 9.03 Å².